The zero-order chi connectivity index (χ0) is 47.2. The summed E-state index contributed by atoms with van der Waals surface area (Å²) in [5.74, 6) is -0.0274. The monoisotopic (exact) mass is 918 g/mol. The van der Waals surface area contributed by atoms with Crippen LogP contribution in [0.2, 0.25) is 0 Å². The van der Waals surface area contributed by atoms with Crippen molar-refractivity contribution in [3.05, 3.63) is 12.2 Å². The van der Waals surface area contributed by atoms with Crippen LogP contribution in [0.4, 0.5) is 0 Å². The van der Waals surface area contributed by atoms with Crippen LogP contribution in [-0.2, 0) is 14.3 Å². The van der Waals surface area contributed by atoms with Crippen LogP contribution in [0.5, 0.6) is 0 Å². The number of ether oxygens (including phenoxy) is 1. The van der Waals surface area contributed by atoms with Gasteiger partial charge in [-0.2, -0.15) is 0 Å². The summed E-state index contributed by atoms with van der Waals surface area (Å²) >= 11 is 0. The Morgan fingerprint density at radius 2 is 0.723 bits per heavy atom. The summed E-state index contributed by atoms with van der Waals surface area (Å²) < 4.78 is 5.46. The molecule has 0 heterocycles. The second kappa shape index (κ2) is 55.2. The Morgan fingerprint density at radius 3 is 1.12 bits per heavy atom. The molecule has 6 nitrogen and oxygen atoms in total. The third kappa shape index (κ3) is 51.8. The molecule has 0 aliphatic heterocycles. The SMILES string of the molecule is CCCCC/C=C\CCCCCCCC(=O)OCCCCCCCCCCCCCCCCCCCCCCCCCCC(=O)NC(CO)C(O)CCCCCCCCCCCCCC. The Labute approximate surface area is 406 Å². The van der Waals surface area contributed by atoms with Crippen LogP contribution in [0.15, 0.2) is 12.2 Å². The zero-order valence-electron chi connectivity index (χ0n) is 44.0. The molecule has 0 bridgehead atoms. The summed E-state index contributed by atoms with van der Waals surface area (Å²) in [7, 11) is 0. The van der Waals surface area contributed by atoms with E-state index < -0.39 is 12.1 Å². The Balaban J connectivity index is 3.35. The molecule has 0 fully saturated rings. The molecule has 0 saturated heterocycles. The van der Waals surface area contributed by atoms with E-state index in [1.807, 2.05) is 0 Å². The van der Waals surface area contributed by atoms with Crippen molar-refractivity contribution in [1.29, 1.82) is 0 Å². The lowest BCUT2D eigenvalue weighted by atomic mass is 10.0. The lowest BCUT2D eigenvalue weighted by molar-refractivity contribution is -0.143. The standard InChI is InChI=1S/C59H115NO5/c1-3-5-7-9-11-13-15-31-35-39-43-47-51-57(62)56(55-61)60-58(63)52-48-44-40-36-32-29-27-25-23-21-19-17-18-20-22-24-26-28-30-34-38-42-46-50-54-65-59(64)53-49-45-41-37-33-16-14-12-10-8-6-4-2/h12,14,56-57,61-62H,3-11,13,15-55H2,1-2H3,(H,60,63)/b14-12-. The molecule has 65 heavy (non-hydrogen) atoms. The molecular weight excluding hydrogens is 803 g/mol. The molecule has 6 heteroatoms. The van der Waals surface area contributed by atoms with E-state index in [1.54, 1.807) is 0 Å². The van der Waals surface area contributed by atoms with Gasteiger partial charge >= 0.3 is 5.97 Å². The third-order valence-electron chi connectivity index (χ3n) is 13.8. The molecule has 0 aliphatic carbocycles. The number of hydrogen-bond donors (Lipinski definition) is 3. The fraction of sp³-hybridized carbons (Fsp3) is 0.932. The van der Waals surface area contributed by atoms with E-state index in [9.17, 15) is 19.8 Å². The fourth-order valence-corrected chi connectivity index (χ4v) is 9.28. The molecule has 0 aromatic rings. The van der Waals surface area contributed by atoms with Gasteiger partial charge in [-0.15, -0.1) is 0 Å². The molecule has 3 N–H and O–H groups in total. The Kier molecular flexibility index (Phi) is 54.0. The summed E-state index contributed by atoms with van der Waals surface area (Å²) in [4.78, 5) is 24.4. The van der Waals surface area contributed by atoms with Crippen molar-refractivity contribution in [1.82, 2.24) is 5.32 Å². The number of aliphatic hydroxyl groups is 2. The molecule has 0 aliphatic rings. The Hall–Kier alpha value is -1.40. The molecule has 0 aromatic carbocycles. The topological polar surface area (TPSA) is 95.9 Å². The summed E-state index contributed by atoms with van der Waals surface area (Å²) in [6.45, 7) is 4.94. The summed E-state index contributed by atoms with van der Waals surface area (Å²) in [6.07, 6.45) is 65.0. The Morgan fingerprint density at radius 1 is 0.415 bits per heavy atom. The fourth-order valence-electron chi connectivity index (χ4n) is 9.28. The smallest absolute Gasteiger partial charge is 0.305 e. The third-order valence-corrected chi connectivity index (χ3v) is 13.8. The van der Waals surface area contributed by atoms with Crippen molar-refractivity contribution < 1.29 is 24.5 Å². The highest BCUT2D eigenvalue weighted by Gasteiger charge is 2.20. The first-order valence-electron chi connectivity index (χ1n) is 29.4. The molecule has 0 saturated carbocycles. The number of aliphatic hydroxyl groups excluding tert-OH is 2. The van der Waals surface area contributed by atoms with Crippen LogP contribution < -0.4 is 5.32 Å². The highest BCUT2D eigenvalue weighted by molar-refractivity contribution is 5.76. The van der Waals surface area contributed by atoms with E-state index in [0.717, 1.165) is 44.9 Å². The minimum absolute atomic E-state index is 0.00565. The summed E-state index contributed by atoms with van der Waals surface area (Å²) in [5.41, 5.74) is 0. The molecule has 1 amide bonds. The van der Waals surface area contributed by atoms with E-state index in [-0.39, 0.29) is 18.5 Å². The van der Waals surface area contributed by atoms with Crippen LogP contribution in [0.1, 0.15) is 328 Å². The molecule has 386 valence electrons. The first kappa shape index (κ1) is 63.6. The number of amides is 1. The van der Waals surface area contributed by atoms with Crippen molar-refractivity contribution in [2.45, 2.75) is 341 Å². The number of hydrogen-bond acceptors (Lipinski definition) is 5. The van der Waals surface area contributed by atoms with Gasteiger partial charge in [-0.25, -0.2) is 0 Å². The number of nitrogens with one attached hydrogen (secondary N) is 1. The largest absolute Gasteiger partial charge is 0.466 e. The number of rotatable bonds is 55. The quantitative estimate of drug-likeness (QED) is 0.0321. The second-order valence-electron chi connectivity index (χ2n) is 20.3. The normalized spacial score (nSPS) is 12.6. The first-order valence-corrected chi connectivity index (χ1v) is 29.4. The van der Waals surface area contributed by atoms with Gasteiger partial charge in [0.05, 0.1) is 25.4 Å². The van der Waals surface area contributed by atoms with Gasteiger partial charge in [0.25, 0.3) is 0 Å². The maximum absolute atomic E-state index is 12.4. The van der Waals surface area contributed by atoms with Gasteiger partial charge in [-0.05, 0) is 51.4 Å². The lowest BCUT2D eigenvalue weighted by Crippen LogP contribution is -2.45. The van der Waals surface area contributed by atoms with Gasteiger partial charge in [0.1, 0.15) is 0 Å². The first-order chi connectivity index (χ1) is 32.0. The van der Waals surface area contributed by atoms with Gasteiger partial charge in [0.2, 0.25) is 5.91 Å². The van der Waals surface area contributed by atoms with Crippen LogP contribution in [0, 0.1) is 0 Å². The van der Waals surface area contributed by atoms with Crippen LogP contribution in [-0.4, -0.2) is 47.4 Å². The van der Waals surface area contributed by atoms with Crippen LogP contribution in [0.25, 0.3) is 0 Å². The zero-order valence-corrected chi connectivity index (χ0v) is 44.0. The van der Waals surface area contributed by atoms with Crippen molar-refractivity contribution >= 4 is 11.9 Å². The van der Waals surface area contributed by atoms with Crippen molar-refractivity contribution in [3.63, 3.8) is 0 Å². The van der Waals surface area contributed by atoms with Gasteiger partial charge in [0.15, 0.2) is 0 Å². The molecule has 2 unspecified atom stereocenters. The second-order valence-corrected chi connectivity index (χ2v) is 20.3. The van der Waals surface area contributed by atoms with E-state index in [0.29, 0.717) is 25.9 Å². The van der Waals surface area contributed by atoms with Gasteiger partial charge in [-0.1, -0.05) is 276 Å². The molecule has 0 radical (unpaired) electrons. The number of unbranched alkanes of at least 4 members (excludes halogenated alkanes) is 42. The minimum Gasteiger partial charge on any atom is -0.466 e. The minimum atomic E-state index is -0.661. The average Bonchev–Trinajstić information content (AvgIpc) is 3.31. The van der Waals surface area contributed by atoms with E-state index in [1.165, 1.54) is 250 Å². The molecule has 0 spiro atoms. The van der Waals surface area contributed by atoms with Gasteiger partial charge in [0, 0.05) is 12.8 Å². The molecule has 2 atom stereocenters. The van der Waals surface area contributed by atoms with Crippen molar-refractivity contribution in [2.24, 2.45) is 0 Å². The lowest BCUT2D eigenvalue weighted by Gasteiger charge is -2.22. The average molecular weight is 919 g/mol. The number of carbonyl (C=O) groups is 2. The predicted octanol–water partition coefficient (Wildman–Crippen LogP) is 18.1. The van der Waals surface area contributed by atoms with Gasteiger partial charge < -0.3 is 20.3 Å². The van der Waals surface area contributed by atoms with Crippen molar-refractivity contribution in [3.8, 4) is 0 Å². The van der Waals surface area contributed by atoms with Crippen LogP contribution in [0.3, 0.4) is 0 Å². The highest BCUT2D eigenvalue weighted by atomic mass is 16.5. The number of carbonyl (C=O) groups excluding carboxylic acids is 2. The molecular formula is C59H115NO5. The molecule has 0 rings (SSSR count). The maximum atomic E-state index is 12.4. The van der Waals surface area contributed by atoms with Crippen molar-refractivity contribution in [2.75, 3.05) is 13.2 Å². The van der Waals surface area contributed by atoms with E-state index >= 15 is 0 Å². The number of esters is 1. The Bertz CT molecular complexity index is 970. The van der Waals surface area contributed by atoms with E-state index in [2.05, 4.69) is 31.3 Å². The predicted molar refractivity (Wildman–Crippen MR) is 283 cm³/mol. The summed E-state index contributed by atoms with van der Waals surface area (Å²) in [6, 6.07) is -0.538. The number of allylic oxidation sites excluding steroid dienone is 2. The van der Waals surface area contributed by atoms with Crippen LogP contribution >= 0.6 is 0 Å². The highest BCUT2D eigenvalue weighted by Crippen LogP contribution is 2.18. The molecule has 0 aromatic heterocycles. The maximum Gasteiger partial charge on any atom is 0.305 e. The van der Waals surface area contributed by atoms with E-state index in [4.69, 9.17) is 4.74 Å². The van der Waals surface area contributed by atoms with Gasteiger partial charge in [-0.3, -0.25) is 9.59 Å². The summed E-state index contributed by atoms with van der Waals surface area (Å²) in [5, 5.41) is 23.2.